The molecule has 0 amide bonds. The zero-order valence-corrected chi connectivity index (χ0v) is 18.2. The Kier molecular flexibility index (Phi) is 5.46. The van der Waals surface area contributed by atoms with Gasteiger partial charge in [0.15, 0.2) is 0 Å². The summed E-state index contributed by atoms with van der Waals surface area (Å²) >= 11 is 12.6. The minimum Gasteiger partial charge on any atom is -0.355 e. The first kappa shape index (κ1) is 20.1. The molecular weight excluding hydrogens is 403 g/mol. The Balaban J connectivity index is 2.03. The van der Waals surface area contributed by atoms with Gasteiger partial charge in [-0.3, -0.25) is 4.79 Å². The minimum atomic E-state index is 0.0738. The third-order valence-electron chi connectivity index (χ3n) is 5.60. The van der Waals surface area contributed by atoms with Crippen LogP contribution in [0, 0.1) is 0 Å². The van der Waals surface area contributed by atoms with E-state index in [0.717, 1.165) is 64.3 Å². The molecule has 3 nitrogen and oxygen atoms in total. The maximum absolute atomic E-state index is 13.4. The number of halogens is 2. The van der Waals surface area contributed by atoms with Gasteiger partial charge in [0.1, 0.15) is 0 Å². The van der Waals surface area contributed by atoms with Crippen LogP contribution in [0.5, 0.6) is 0 Å². The number of aromatic amines is 1. The number of H-pyrrole nitrogens is 1. The molecular formula is C24H24Cl2N2O. The highest BCUT2D eigenvalue weighted by Gasteiger charge is 2.26. The predicted molar refractivity (Wildman–Crippen MR) is 124 cm³/mol. The topological polar surface area (TPSA) is 37.8 Å². The van der Waals surface area contributed by atoms with Gasteiger partial charge in [-0.15, -0.1) is 0 Å². The van der Waals surface area contributed by atoms with E-state index in [1.807, 2.05) is 34.9 Å². The molecule has 1 N–H and O–H groups in total. The molecule has 0 saturated heterocycles. The molecule has 2 aromatic carbocycles. The van der Waals surface area contributed by atoms with Gasteiger partial charge in [0.2, 0.25) is 0 Å². The summed E-state index contributed by atoms with van der Waals surface area (Å²) in [4.78, 5) is 16.8. The average molecular weight is 427 g/mol. The van der Waals surface area contributed by atoms with Gasteiger partial charge in [-0.25, -0.2) is 0 Å². The molecule has 0 saturated carbocycles. The van der Waals surface area contributed by atoms with E-state index < -0.39 is 0 Å². The number of rotatable bonds is 6. The van der Waals surface area contributed by atoms with Crippen LogP contribution in [0.25, 0.3) is 39.9 Å². The molecule has 0 spiro atoms. The van der Waals surface area contributed by atoms with E-state index in [1.165, 1.54) is 0 Å². The summed E-state index contributed by atoms with van der Waals surface area (Å²) in [6.45, 7) is 8.47. The molecule has 5 heteroatoms. The van der Waals surface area contributed by atoms with E-state index in [9.17, 15) is 4.79 Å². The molecule has 29 heavy (non-hydrogen) atoms. The SMILES string of the molecule is C=c1cc2n(C(CCC)CCC)c(=O)c3ccc(-c4ccc(Cl)cc4Cl)c([nH]1)c3-2. The van der Waals surface area contributed by atoms with Gasteiger partial charge < -0.3 is 9.55 Å². The average Bonchev–Trinajstić information content (AvgIpc) is 2.95. The second-order valence-corrected chi connectivity index (χ2v) is 8.46. The first-order valence-electron chi connectivity index (χ1n) is 10.1. The summed E-state index contributed by atoms with van der Waals surface area (Å²) in [6, 6.07) is 11.5. The van der Waals surface area contributed by atoms with Crippen LogP contribution in [-0.2, 0) is 0 Å². The Labute approximate surface area is 180 Å². The number of aromatic nitrogens is 2. The Hall–Kier alpha value is -2.23. The molecule has 0 radical (unpaired) electrons. The third-order valence-corrected chi connectivity index (χ3v) is 6.14. The Morgan fingerprint density at radius 1 is 1.03 bits per heavy atom. The van der Waals surface area contributed by atoms with E-state index in [-0.39, 0.29) is 11.6 Å². The maximum Gasteiger partial charge on any atom is 0.259 e. The zero-order chi connectivity index (χ0) is 20.7. The highest BCUT2D eigenvalue weighted by molar-refractivity contribution is 6.36. The fraction of sp³-hybridized carbons (Fsp3) is 0.292. The quantitative estimate of drug-likeness (QED) is 0.366. The highest BCUT2D eigenvalue weighted by Crippen LogP contribution is 2.40. The van der Waals surface area contributed by atoms with E-state index in [1.54, 1.807) is 6.07 Å². The van der Waals surface area contributed by atoms with Crippen LogP contribution in [0.15, 0.2) is 41.2 Å². The fourth-order valence-electron chi connectivity index (χ4n) is 4.40. The molecule has 0 fully saturated rings. The number of hydrogen-bond donors (Lipinski definition) is 1. The van der Waals surface area contributed by atoms with Crippen LogP contribution in [0.1, 0.15) is 45.6 Å². The molecule has 4 rings (SSSR count). The molecule has 0 aliphatic carbocycles. The van der Waals surface area contributed by atoms with Crippen molar-refractivity contribution in [2.24, 2.45) is 0 Å². The standard InChI is InChI=1S/C24H24Cl2N2O/c1-4-6-16(7-5-2)28-21-12-14(3)27-23-18(10-11-19(22(21)23)24(28)29)17-9-8-15(25)13-20(17)26/h8-13,16,27H,3-7H2,1-2H3. The van der Waals surface area contributed by atoms with E-state index in [2.05, 4.69) is 25.4 Å². The van der Waals surface area contributed by atoms with Crippen LogP contribution >= 0.6 is 23.2 Å². The minimum absolute atomic E-state index is 0.0738. The third kappa shape index (κ3) is 3.37. The second-order valence-electron chi connectivity index (χ2n) is 7.62. The molecule has 2 aliphatic rings. The van der Waals surface area contributed by atoms with Crippen molar-refractivity contribution in [1.29, 1.82) is 0 Å². The van der Waals surface area contributed by atoms with Crippen LogP contribution in [-0.4, -0.2) is 9.55 Å². The van der Waals surface area contributed by atoms with Gasteiger partial charge in [0, 0.05) is 38.1 Å². The van der Waals surface area contributed by atoms with Gasteiger partial charge in [0.05, 0.1) is 16.6 Å². The van der Waals surface area contributed by atoms with Crippen LogP contribution in [0.4, 0.5) is 0 Å². The first-order chi connectivity index (χ1) is 14.0. The lowest BCUT2D eigenvalue weighted by Gasteiger charge is -2.20. The Morgan fingerprint density at radius 3 is 2.38 bits per heavy atom. The summed E-state index contributed by atoms with van der Waals surface area (Å²) in [5.41, 5.74) is 4.67. The number of hydrogen-bond acceptors (Lipinski definition) is 1. The molecule has 150 valence electrons. The number of nitrogens with zero attached hydrogens (tertiary/aromatic N) is 1. The Bertz CT molecular complexity index is 1250. The summed E-state index contributed by atoms with van der Waals surface area (Å²) in [5.74, 6) is 0. The van der Waals surface area contributed by atoms with Gasteiger partial charge in [0.25, 0.3) is 5.56 Å². The van der Waals surface area contributed by atoms with Crippen molar-refractivity contribution in [2.75, 3.05) is 0 Å². The van der Waals surface area contributed by atoms with E-state index in [0.29, 0.717) is 10.0 Å². The second kappa shape index (κ2) is 7.89. The molecule has 0 unspecified atom stereocenters. The predicted octanol–water partition coefficient (Wildman–Crippen LogP) is 6.68. The molecule has 2 aromatic rings. The van der Waals surface area contributed by atoms with E-state index >= 15 is 0 Å². The van der Waals surface area contributed by atoms with Crippen molar-refractivity contribution in [3.05, 3.63) is 62.1 Å². The van der Waals surface area contributed by atoms with Gasteiger partial charge in [-0.2, -0.15) is 0 Å². The Morgan fingerprint density at radius 2 is 1.72 bits per heavy atom. The maximum atomic E-state index is 13.4. The summed E-state index contributed by atoms with van der Waals surface area (Å²) in [7, 11) is 0. The molecule has 2 aliphatic heterocycles. The lowest BCUT2D eigenvalue weighted by atomic mass is 9.97. The van der Waals surface area contributed by atoms with Crippen molar-refractivity contribution in [1.82, 2.24) is 9.55 Å². The normalized spacial score (nSPS) is 11.9. The first-order valence-corrected chi connectivity index (χ1v) is 10.9. The van der Waals surface area contributed by atoms with Crippen LogP contribution in [0.2, 0.25) is 10.0 Å². The van der Waals surface area contributed by atoms with Gasteiger partial charge >= 0.3 is 0 Å². The largest absolute Gasteiger partial charge is 0.355 e. The summed E-state index contributed by atoms with van der Waals surface area (Å²) in [6.07, 6.45) is 4.04. The summed E-state index contributed by atoms with van der Waals surface area (Å²) in [5, 5.41) is 2.67. The van der Waals surface area contributed by atoms with Crippen molar-refractivity contribution in [3.8, 4) is 22.4 Å². The molecule has 0 atom stereocenters. The summed E-state index contributed by atoms with van der Waals surface area (Å²) < 4.78 is 1.99. The van der Waals surface area contributed by atoms with Gasteiger partial charge in [-0.1, -0.05) is 68.6 Å². The van der Waals surface area contributed by atoms with Crippen molar-refractivity contribution >= 4 is 40.7 Å². The van der Waals surface area contributed by atoms with E-state index in [4.69, 9.17) is 23.2 Å². The van der Waals surface area contributed by atoms with Gasteiger partial charge in [-0.05, 0) is 37.1 Å². The molecule has 0 bridgehead atoms. The van der Waals surface area contributed by atoms with Crippen LogP contribution < -0.4 is 10.9 Å². The van der Waals surface area contributed by atoms with Crippen molar-refractivity contribution in [2.45, 2.75) is 45.6 Å². The highest BCUT2D eigenvalue weighted by atomic mass is 35.5. The van der Waals surface area contributed by atoms with Crippen LogP contribution in [0.3, 0.4) is 0 Å². The monoisotopic (exact) mass is 426 g/mol. The number of benzene rings is 2. The van der Waals surface area contributed by atoms with Crippen molar-refractivity contribution in [3.63, 3.8) is 0 Å². The molecule has 0 aromatic heterocycles. The number of pyridine rings is 1. The lowest BCUT2D eigenvalue weighted by Crippen LogP contribution is -2.22. The number of nitrogens with one attached hydrogen (secondary N) is 1. The molecule has 2 heterocycles. The fourth-order valence-corrected chi connectivity index (χ4v) is 4.91. The zero-order valence-electron chi connectivity index (χ0n) is 16.7. The van der Waals surface area contributed by atoms with Crippen molar-refractivity contribution < 1.29 is 0 Å². The lowest BCUT2D eigenvalue weighted by molar-refractivity contribution is 0.424. The smallest absolute Gasteiger partial charge is 0.259 e.